The predicted molar refractivity (Wildman–Crippen MR) is 93.9 cm³/mol. The van der Waals surface area contributed by atoms with Gasteiger partial charge in [-0.3, -0.25) is 4.98 Å². The van der Waals surface area contributed by atoms with E-state index in [2.05, 4.69) is 15.4 Å². The van der Waals surface area contributed by atoms with Crippen LogP contribution in [0.3, 0.4) is 0 Å². The van der Waals surface area contributed by atoms with Gasteiger partial charge in [-0.1, -0.05) is 17.7 Å². The third-order valence-electron chi connectivity index (χ3n) is 3.09. The van der Waals surface area contributed by atoms with Crippen LogP contribution in [-0.2, 0) is 4.74 Å². The number of hydrogen-bond acceptors (Lipinski definition) is 5. The minimum Gasteiger partial charge on any atom is -0.442 e. The van der Waals surface area contributed by atoms with Crippen molar-refractivity contribution in [3.63, 3.8) is 0 Å². The molecule has 124 valence electrons. The Hall–Kier alpha value is -2.60. The number of rotatable bonds is 2. The Morgan fingerprint density at radius 3 is 2.75 bits per heavy atom. The van der Waals surface area contributed by atoms with Gasteiger partial charge in [0.05, 0.1) is 0 Å². The lowest BCUT2D eigenvalue weighted by Gasteiger charge is -2.19. The Labute approximate surface area is 144 Å². The fourth-order valence-corrected chi connectivity index (χ4v) is 2.37. The van der Waals surface area contributed by atoms with Crippen molar-refractivity contribution in [3.05, 3.63) is 47.6 Å². The molecule has 7 heteroatoms. The van der Waals surface area contributed by atoms with Gasteiger partial charge in [0.2, 0.25) is 0 Å². The van der Waals surface area contributed by atoms with Crippen molar-refractivity contribution >= 4 is 40.2 Å². The summed E-state index contributed by atoms with van der Waals surface area (Å²) in [6, 6.07) is 10.7. The SMILES string of the molecule is CC(C)(C)OC(=O)n1nc(Nc2cccc(Cl)c2)c2ncccc21. The van der Waals surface area contributed by atoms with E-state index in [1.54, 1.807) is 51.2 Å². The van der Waals surface area contributed by atoms with Crippen LogP contribution in [0.4, 0.5) is 16.3 Å². The second kappa shape index (κ2) is 6.13. The van der Waals surface area contributed by atoms with E-state index in [1.165, 1.54) is 4.68 Å². The second-order valence-corrected chi connectivity index (χ2v) is 6.68. The highest BCUT2D eigenvalue weighted by Gasteiger charge is 2.22. The molecule has 3 aromatic rings. The maximum atomic E-state index is 12.4. The summed E-state index contributed by atoms with van der Waals surface area (Å²) in [6.45, 7) is 5.42. The number of nitrogens with one attached hydrogen (secondary N) is 1. The summed E-state index contributed by atoms with van der Waals surface area (Å²) in [5.74, 6) is 0.457. The van der Waals surface area contributed by atoms with Crippen molar-refractivity contribution in [1.82, 2.24) is 14.8 Å². The molecule has 0 aliphatic heterocycles. The summed E-state index contributed by atoms with van der Waals surface area (Å²) in [5, 5.41) is 8.06. The van der Waals surface area contributed by atoms with Crippen LogP contribution in [0.1, 0.15) is 20.8 Å². The molecule has 0 saturated heterocycles. The Morgan fingerprint density at radius 1 is 1.25 bits per heavy atom. The number of fused-ring (bicyclic) bond motifs is 1. The number of ether oxygens (including phenoxy) is 1. The lowest BCUT2D eigenvalue weighted by Crippen LogP contribution is -2.27. The zero-order chi connectivity index (χ0) is 17.3. The molecule has 0 aliphatic rings. The average Bonchev–Trinajstić information content (AvgIpc) is 2.85. The van der Waals surface area contributed by atoms with Gasteiger partial charge in [0.25, 0.3) is 0 Å². The highest BCUT2D eigenvalue weighted by molar-refractivity contribution is 6.30. The Morgan fingerprint density at radius 2 is 2.04 bits per heavy atom. The molecule has 6 nitrogen and oxygen atoms in total. The summed E-state index contributed by atoms with van der Waals surface area (Å²) in [4.78, 5) is 16.7. The highest BCUT2D eigenvalue weighted by atomic mass is 35.5. The molecule has 1 aromatic carbocycles. The van der Waals surface area contributed by atoms with E-state index >= 15 is 0 Å². The minimum absolute atomic E-state index is 0.457. The Bertz CT molecular complexity index is 899. The van der Waals surface area contributed by atoms with Gasteiger partial charge < -0.3 is 10.1 Å². The molecule has 0 bridgehead atoms. The number of anilines is 2. The molecule has 2 aromatic heterocycles. The molecule has 0 spiro atoms. The van der Waals surface area contributed by atoms with E-state index in [1.807, 2.05) is 12.1 Å². The molecular formula is C17H17ClN4O2. The zero-order valence-electron chi connectivity index (χ0n) is 13.6. The molecule has 0 amide bonds. The number of halogens is 1. The maximum Gasteiger partial charge on any atom is 0.435 e. The number of carbonyl (C=O) groups is 1. The van der Waals surface area contributed by atoms with E-state index in [0.717, 1.165) is 5.69 Å². The quantitative estimate of drug-likeness (QED) is 0.735. The number of benzene rings is 1. The molecule has 2 heterocycles. The third kappa shape index (κ3) is 3.49. The third-order valence-corrected chi connectivity index (χ3v) is 3.33. The molecule has 3 rings (SSSR count). The minimum atomic E-state index is -0.613. The van der Waals surface area contributed by atoms with Crippen LogP contribution < -0.4 is 5.32 Å². The van der Waals surface area contributed by atoms with Crippen LogP contribution in [0.5, 0.6) is 0 Å². The number of aromatic nitrogens is 3. The maximum absolute atomic E-state index is 12.4. The van der Waals surface area contributed by atoms with Crippen molar-refractivity contribution in [2.24, 2.45) is 0 Å². The van der Waals surface area contributed by atoms with Gasteiger partial charge in [-0.2, -0.15) is 4.68 Å². The normalized spacial score (nSPS) is 11.5. The summed E-state index contributed by atoms with van der Waals surface area (Å²) < 4.78 is 6.61. The van der Waals surface area contributed by atoms with E-state index in [4.69, 9.17) is 16.3 Å². The average molecular weight is 345 g/mol. The van der Waals surface area contributed by atoms with Gasteiger partial charge in [0.15, 0.2) is 5.82 Å². The van der Waals surface area contributed by atoms with Crippen molar-refractivity contribution in [3.8, 4) is 0 Å². The summed E-state index contributed by atoms with van der Waals surface area (Å²) in [5.41, 5.74) is 1.28. The van der Waals surface area contributed by atoms with Crippen LogP contribution in [0, 0.1) is 0 Å². The van der Waals surface area contributed by atoms with Crippen LogP contribution in [0.2, 0.25) is 5.02 Å². The molecule has 0 saturated carbocycles. The van der Waals surface area contributed by atoms with E-state index < -0.39 is 11.7 Å². The van der Waals surface area contributed by atoms with Crippen LogP contribution >= 0.6 is 11.6 Å². The summed E-state index contributed by atoms with van der Waals surface area (Å²) >= 11 is 6.00. The zero-order valence-corrected chi connectivity index (χ0v) is 14.3. The van der Waals surface area contributed by atoms with Crippen LogP contribution in [-0.4, -0.2) is 26.5 Å². The number of pyridine rings is 1. The lowest BCUT2D eigenvalue weighted by molar-refractivity contribution is 0.0523. The molecule has 0 atom stereocenters. The van der Waals surface area contributed by atoms with Gasteiger partial charge in [-0.05, 0) is 51.1 Å². The Kier molecular flexibility index (Phi) is 4.15. The van der Waals surface area contributed by atoms with Crippen LogP contribution in [0.15, 0.2) is 42.6 Å². The molecular weight excluding hydrogens is 328 g/mol. The number of hydrogen-bond donors (Lipinski definition) is 1. The van der Waals surface area contributed by atoms with Crippen molar-refractivity contribution in [2.45, 2.75) is 26.4 Å². The van der Waals surface area contributed by atoms with Gasteiger partial charge in [-0.25, -0.2) is 4.79 Å². The van der Waals surface area contributed by atoms with E-state index in [0.29, 0.717) is 21.9 Å². The smallest absolute Gasteiger partial charge is 0.435 e. The molecule has 24 heavy (non-hydrogen) atoms. The second-order valence-electron chi connectivity index (χ2n) is 6.25. The first-order valence-corrected chi connectivity index (χ1v) is 7.81. The summed E-state index contributed by atoms with van der Waals surface area (Å²) in [6.07, 6.45) is 1.09. The fraction of sp³-hybridized carbons (Fsp3) is 0.235. The van der Waals surface area contributed by atoms with Crippen LogP contribution in [0.25, 0.3) is 11.0 Å². The van der Waals surface area contributed by atoms with Crippen molar-refractivity contribution in [1.29, 1.82) is 0 Å². The summed E-state index contributed by atoms with van der Waals surface area (Å²) in [7, 11) is 0. The highest BCUT2D eigenvalue weighted by Crippen LogP contribution is 2.26. The number of carbonyl (C=O) groups excluding carboxylic acids is 1. The molecule has 0 fully saturated rings. The largest absolute Gasteiger partial charge is 0.442 e. The topological polar surface area (TPSA) is 69.0 Å². The van der Waals surface area contributed by atoms with E-state index in [-0.39, 0.29) is 0 Å². The van der Waals surface area contributed by atoms with Gasteiger partial charge in [0.1, 0.15) is 16.6 Å². The van der Waals surface area contributed by atoms with Gasteiger partial charge in [0, 0.05) is 16.9 Å². The van der Waals surface area contributed by atoms with Crippen molar-refractivity contribution in [2.75, 3.05) is 5.32 Å². The predicted octanol–water partition coefficient (Wildman–Crippen LogP) is 4.61. The molecule has 0 radical (unpaired) electrons. The van der Waals surface area contributed by atoms with E-state index in [9.17, 15) is 4.79 Å². The molecule has 0 aliphatic carbocycles. The first-order chi connectivity index (χ1) is 11.3. The number of nitrogens with zero attached hydrogens (tertiary/aromatic N) is 3. The first-order valence-electron chi connectivity index (χ1n) is 7.43. The Balaban J connectivity index is 2.02. The monoisotopic (exact) mass is 344 g/mol. The first kappa shape index (κ1) is 16.3. The standard InChI is InChI=1S/C17H17ClN4O2/c1-17(2,3)24-16(23)22-13-8-5-9-19-14(13)15(21-22)20-12-7-4-6-11(18)10-12/h4-10H,1-3H3,(H,20,21). The van der Waals surface area contributed by atoms with Gasteiger partial charge in [-0.15, -0.1) is 5.10 Å². The molecule has 1 N–H and O–H groups in total. The fourth-order valence-electron chi connectivity index (χ4n) is 2.18. The van der Waals surface area contributed by atoms with Crippen molar-refractivity contribution < 1.29 is 9.53 Å². The molecule has 0 unspecified atom stereocenters. The lowest BCUT2D eigenvalue weighted by atomic mass is 10.2. The van der Waals surface area contributed by atoms with Gasteiger partial charge >= 0.3 is 6.09 Å².